The number of hydrogen-bond acceptors (Lipinski definition) is 4. The van der Waals surface area contributed by atoms with Crippen molar-refractivity contribution in [2.45, 2.75) is 19.1 Å². The maximum Gasteiger partial charge on any atom is 0.137 e. The van der Waals surface area contributed by atoms with E-state index >= 15 is 0 Å². The average molecular weight is 290 g/mol. The molecule has 1 rings (SSSR count). The highest BCUT2D eigenvalue weighted by Crippen LogP contribution is 2.24. The molecule has 0 saturated heterocycles. The van der Waals surface area contributed by atoms with Crippen molar-refractivity contribution >= 4 is 23.4 Å². The van der Waals surface area contributed by atoms with E-state index in [1.807, 2.05) is 31.4 Å². The van der Waals surface area contributed by atoms with Crippen molar-refractivity contribution in [1.29, 1.82) is 0 Å². The Hall–Kier alpha value is -0.420. The molecule has 0 aliphatic rings. The van der Waals surface area contributed by atoms with Crippen LogP contribution in [0.4, 0.5) is 0 Å². The summed E-state index contributed by atoms with van der Waals surface area (Å²) in [4.78, 5) is 0. The molecule has 0 spiro atoms. The van der Waals surface area contributed by atoms with Gasteiger partial charge in [0.2, 0.25) is 0 Å². The van der Waals surface area contributed by atoms with Gasteiger partial charge in [0.1, 0.15) is 5.75 Å². The minimum Gasteiger partial charge on any atom is -0.495 e. The summed E-state index contributed by atoms with van der Waals surface area (Å²) in [6, 6.07) is 5.68. The third kappa shape index (κ3) is 5.06. The van der Waals surface area contributed by atoms with Gasteiger partial charge in [0.05, 0.1) is 17.7 Å². The largest absolute Gasteiger partial charge is 0.495 e. The molecule has 1 aromatic carbocycles. The van der Waals surface area contributed by atoms with E-state index in [1.54, 1.807) is 18.9 Å². The van der Waals surface area contributed by atoms with E-state index < -0.39 is 5.60 Å². The number of aliphatic hydroxyl groups is 1. The Kier molecular flexibility index (Phi) is 6.29. The van der Waals surface area contributed by atoms with Crippen LogP contribution < -0.4 is 10.1 Å². The Bertz CT molecular complexity index is 385. The first-order chi connectivity index (χ1) is 8.48. The van der Waals surface area contributed by atoms with Crippen molar-refractivity contribution in [3.63, 3.8) is 0 Å². The summed E-state index contributed by atoms with van der Waals surface area (Å²) in [6.07, 6.45) is 1.98. The molecule has 3 nitrogen and oxygen atoms in total. The van der Waals surface area contributed by atoms with Crippen molar-refractivity contribution in [3.05, 3.63) is 28.8 Å². The molecular weight excluding hydrogens is 270 g/mol. The molecule has 1 atom stereocenters. The monoisotopic (exact) mass is 289 g/mol. The lowest BCUT2D eigenvalue weighted by molar-refractivity contribution is 0.0846. The lowest BCUT2D eigenvalue weighted by Gasteiger charge is -2.22. The van der Waals surface area contributed by atoms with E-state index in [0.717, 1.165) is 5.56 Å². The van der Waals surface area contributed by atoms with Gasteiger partial charge in [0, 0.05) is 18.8 Å². The Morgan fingerprint density at radius 1 is 1.50 bits per heavy atom. The molecule has 1 aromatic rings. The maximum atomic E-state index is 10.00. The standard InChI is InChI=1S/C13H20ClNO2S/c1-13(16,9-18-3)8-15-7-10-4-5-12(17-2)11(14)6-10/h4-6,15-16H,7-9H2,1-3H3. The van der Waals surface area contributed by atoms with Crippen LogP contribution in [0.5, 0.6) is 5.75 Å². The molecule has 0 aromatic heterocycles. The summed E-state index contributed by atoms with van der Waals surface area (Å²) in [5, 5.41) is 13.8. The van der Waals surface area contributed by atoms with Crippen molar-refractivity contribution in [3.8, 4) is 5.75 Å². The zero-order valence-corrected chi connectivity index (χ0v) is 12.6. The molecule has 0 amide bonds. The van der Waals surface area contributed by atoms with Crippen LogP contribution >= 0.6 is 23.4 Å². The summed E-state index contributed by atoms with van der Waals surface area (Å²) in [6.45, 7) is 3.06. The van der Waals surface area contributed by atoms with Gasteiger partial charge in [-0.25, -0.2) is 0 Å². The number of ether oxygens (including phenoxy) is 1. The highest BCUT2D eigenvalue weighted by atomic mass is 35.5. The normalized spacial score (nSPS) is 14.3. The summed E-state index contributed by atoms with van der Waals surface area (Å²) in [5.41, 5.74) is 0.385. The topological polar surface area (TPSA) is 41.5 Å². The first-order valence-electron chi connectivity index (χ1n) is 5.73. The lowest BCUT2D eigenvalue weighted by atomic mass is 10.1. The van der Waals surface area contributed by atoms with Crippen LogP contribution in [0.15, 0.2) is 18.2 Å². The number of benzene rings is 1. The second-order valence-corrected chi connectivity index (χ2v) is 5.78. The first-order valence-corrected chi connectivity index (χ1v) is 7.50. The quantitative estimate of drug-likeness (QED) is 0.809. The van der Waals surface area contributed by atoms with E-state index in [1.165, 1.54) is 0 Å². The van der Waals surface area contributed by atoms with Gasteiger partial charge in [0.15, 0.2) is 0 Å². The van der Waals surface area contributed by atoms with Gasteiger partial charge < -0.3 is 15.2 Å². The number of halogens is 1. The van der Waals surface area contributed by atoms with Crippen LogP contribution in [0, 0.1) is 0 Å². The number of methoxy groups -OCH3 is 1. The molecule has 0 radical (unpaired) electrons. The summed E-state index contributed by atoms with van der Waals surface area (Å²) >= 11 is 7.68. The molecule has 0 aliphatic carbocycles. The minimum absolute atomic E-state index is 0.553. The zero-order chi connectivity index (χ0) is 13.6. The van der Waals surface area contributed by atoms with E-state index in [0.29, 0.717) is 29.6 Å². The van der Waals surface area contributed by atoms with Crippen molar-refractivity contribution in [2.75, 3.05) is 25.7 Å². The van der Waals surface area contributed by atoms with E-state index in [4.69, 9.17) is 16.3 Å². The van der Waals surface area contributed by atoms with Gasteiger partial charge in [0.25, 0.3) is 0 Å². The highest BCUT2D eigenvalue weighted by Gasteiger charge is 2.18. The van der Waals surface area contributed by atoms with Crippen LogP contribution in [0.2, 0.25) is 5.02 Å². The van der Waals surface area contributed by atoms with Crippen molar-refractivity contribution in [1.82, 2.24) is 5.32 Å². The average Bonchev–Trinajstić information content (AvgIpc) is 2.29. The van der Waals surface area contributed by atoms with Crippen LogP contribution in [0.3, 0.4) is 0 Å². The highest BCUT2D eigenvalue weighted by molar-refractivity contribution is 7.98. The number of rotatable bonds is 7. The molecule has 0 heterocycles. The summed E-state index contributed by atoms with van der Waals surface area (Å²) in [7, 11) is 1.60. The Balaban J connectivity index is 2.47. The number of thioether (sulfide) groups is 1. The van der Waals surface area contributed by atoms with Crippen LogP contribution in [-0.2, 0) is 6.54 Å². The Labute approximate surface area is 118 Å². The predicted octanol–water partition coefficient (Wildman–Crippen LogP) is 2.55. The van der Waals surface area contributed by atoms with Crippen LogP contribution in [0.1, 0.15) is 12.5 Å². The molecule has 18 heavy (non-hydrogen) atoms. The summed E-state index contributed by atoms with van der Waals surface area (Å²) in [5.74, 6) is 1.39. The molecular formula is C13H20ClNO2S. The van der Waals surface area contributed by atoms with Gasteiger partial charge in [-0.1, -0.05) is 17.7 Å². The maximum absolute atomic E-state index is 10.00. The van der Waals surface area contributed by atoms with E-state index in [-0.39, 0.29) is 0 Å². The molecule has 1 unspecified atom stereocenters. The fraction of sp³-hybridized carbons (Fsp3) is 0.538. The molecule has 5 heteroatoms. The summed E-state index contributed by atoms with van der Waals surface area (Å²) < 4.78 is 5.10. The number of nitrogens with one attached hydrogen (secondary N) is 1. The van der Waals surface area contributed by atoms with Gasteiger partial charge >= 0.3 is 0 Å². The fourth-order valence-corrected chi connectivity index (χ4v) is 2.66. The van der Waals surface area contributed by atoms with Crippen molar-refractivity contribution in [2.24, 2.45) is 0 Å². The molecule has 0 saturated carbocycles. The van der Waals surface area contributed by atoms with E-state index in [2.05, 4.69) is 5.32 Å². The SMILES string of the molecule is COc1ccc(CNCC(C)(O)CSC)cc1Cl. The zero-order valence-electron chi connectivity index (χ0n) is 11.0. The first kappa shape index (κ1) is 15.6. The second kappa shape index (κ2) is 7.24. The van der Waals surface area contributed by atoms with Crippen LogP contribution in [-0.4, -0.2) is 36.4 Å². The Morgan fingerprint density at radius 2 is 2.22 bits per heavy atom. The molecule has 2 N–H and O–H groups in total. The number of hydrogen-bond donors (Lipinski definition) is 2. The lowest BCUT2D eigenvalue weighted by Crippen LogP contribution is -2.39. The minimum atomic E-state index is -0.685. The van der Waals surface area contributed by atoms with E-state index in [9.17, 15) is 5.11 Å². The van der Waals surface area contributed by atoms with Gasteiger partial charge in [-0.05, 0) is 30.9 Å². The molecule has 0 bridgehead atoms. The van der Waals surface area contributed by atoms with Gasteiger partial charge in [-0.3, -0.25) is 0 Å². The molecule has 0 fully saturated rings. The smallest absolute Gasteiger partial charge is 0.137 e. The predicted molar refractivity (Wildman–Crippen MR) is 78.7 cm³/mol. The third-order valence-corrected chi connectivity index (χ3v) is 3.71. The van der Waals surface area contributed by atoms with Gasteiger partial charge in [-0.15, -0.1) is 0 Å². The molecule has 102 valence electrons. The Morgan fingerprint density at radius 3 is 2.78 bits per heavy atom. The van der Waals surface area contributed by atoms with Gasteiger partial charge in [-0.2, -0.15) is 11.8 Å². The fourth-order valence-electron chi connectivity index (χ4n) is 1.66. The van der Waals surface area contributed by atoms with Crippen molar-refractivity contribution < 1.29 is 9.84 Å². The molecule has 0 aliphatic heterocycles. The third-order valence-electron chi connectivity index (χ3n) is 2.51. The van der Waals surface area contributed by atoms with Crippen LogP contribution in [0.25, 0.3) is 0 Å². The second-order valence-electron chi connectivity index (χ2n) is 4.50.